The van der Waals surface area contributed by atoms with E-state index in [4.69, 9.17) is 0 Å². The third-order valence-corrected chi connectivity index (χ3v) is 3.49. The third-order valence-electron chi connectivity index (χ3n) is 1.88. The van der Waals surface area contributed by atoms with Gasteiger partial charge >= 0.3 is 29.6 Å². The van der Waals surface area contributed by atoms with Gasteiger partial charge in [0.15, 0.2) is 0 Å². The maximum absolute atomic E-state index is 11.7. The maximum atomic E-state index is 11.7. The normalized spacial score (nSPS) is 12.5. The molecule has 0 heterocycles. The van der Waals surface area contributed by atoms with Crippen LogP contribution in [0.25, 0.3) is 0 Å². The molecule has 0 aliphatic carbocycles. The molecule has 1 aromatic rings. The summed E-state index contributed by atoms with van der Waals surface area (Å²) in [5.74, 6) is -1.29. The Balaban J connectivity index is 0.00000256. The van der Waals surface area contributed by atoms with E-state index in [9.17, 15) is 18.3 Å². The Morgan fingerprint density at radius 1 is 1.35 bits per heavy atom. The monoisotopic (exact) mass is 265 g/mol. The van der Waals surface area contributed by atoms with E-state index < -0.39 is 22.0 Å². The number of aliphatic carboxylic acids is 1. The quantitative estimate of drug-likeness (QED) is 0.560. The fraction of sp³-hybridized carbons (Fsp3) is 0.300. The molecule has 0 aliphatic heterocycles. The summed E-state index contributed by atoms with van der Waals surface area (Å²) in [6, 6.07) is 7.07. The van der Waals surface area contributed by atoms with Crippen molar-refractivity contribution in [3.8, 4) is 0 Å². The van der Waals surface area contributed by atoms with Crippen molar-refractivity contribution in [3.05, 3.63) is 30.3 Å². The molecule has 1 rings (SSSR count). The van der Waals surface area contributed by atoms with Crippen LogP contribution in [0.2, 0.25) is 0 Å². The van der Waals surface area contributed by atoms with Crippen molar-refractivity contribution in [2.24, 2.45) is 0 Å². The molecule has 1 aromatic carbocycles. The van der Waals surface area contributed by atoms with Crippen LogP contribution in [-0.4, -0.2) is 20.4 Å². The summed E-state index contributed by atoms with van der Waals surface area (Å²) < 4.78 is 25.7. The number of carboxylic acids is 1. The van der Waals surface area contributed by atoms with E-state index in [0.29, 0.717) is 0 Å². The smallest absolute Gasteiger partial charge is 0.550 e. The fourth-order valence-corrected chi connectivity index (χ4v) is 2.49. The molecule has 1 N–H and O–H groups in total. The van der Waals surface area contributed by atoms with Crippen molar-refractivity contribution in [1.29, 1.82) is 0 Å². The first-order valence-electron chi connectivity index (χ1n) is 4.69. The Morgan fingerprint density at radius 3 is 2.35 bits per heavy atom. The summed E-state index contributed by atoms with van der Waals surface area (Å²) in [5.41, 5.74) is 0. The Hall–Kier alpha value is -0.400. The van der Waals surface area contributed by atoms with Crippen LogP contribution in [0, 0.1) is 0 Å². The first kappa shape index (κ1) is 16.6. The van der Waals surface area contributed by atoms with Crippen molar-refractivity contribution in [2.45, 2.75) is 24.3 Å². The predicted molar refractivity (Wildman–Crippen MR) is 55.8 cm³/mol. The van der Waals surface area contributed by atoms with Gasteiger partial charge in [0.05, 0.1) is 4.90 Å². The van der Waals surface area contributed by atoms with Gasteiger partial charge in [0, 0.05) is 18.4 Å². The second-order valence-electron chi connectivity index (χ2n) is 3.41. The van der Waals surface area contributed by atoms with Gasteiger partial charge in [0.2, 0.25) is 10.0 Å². The molecule has 5 nitrogen and oxygen atoms in total. The van der Waals surface area contributed by atoms with Crippen LogP contribution in [0.1, 0.15) is 13.3 Å². The molecule has 1 unspecified atom stereocenters. The van der Waals surface area contributed by atoms with Crippen LogP contribution in [0.5, 0.6) is 0 Å². The second-order valence-corrected chi connectivity index (χ2v) is 5.13. The van der Waals surface area contributed by atoms with Crippen molar-refractivity contribution in [3.63, 3.8) is 0 Å². The molecule has 0 saturated heterocycles. The Labute approximate surface area is 123 Å². The summed E-state index contributed by atoms with van der Waals surface area (Å²) in [5, 5.41) is 10.3. The van der Waals surface area contributed by atoms with Crippen LogP contribution in [-0.2, 0) is 14.8 Å². The minimum Gasteiger partial charge on any atom is -0.550 e. The van der Waals surface area contributed by atoms with E-state index >= 15 is 0 Å². The second kappa shape index (κ2) is 7.13. The van der Waals surface area contributed by atoms with Crippen LogP contribution in [0.3, 0.4) is 0 Å². The largest absolute Gasteiger partial charge is 1.00 e. The Morgan fingerprint density at radius 2 is 1.88 bits per heavy atom. The summed E-state index contributed by atoms with van der Waals surface area (Å²) in [6.45, 7) is 1.47. The number of benzene rings is 1. The van der Waals surface area contributed by atoms with Gasteiger partial charge in [-0.05, 0) is 19.1 Å². The molecule has 0 fully saturated rings. The first-order chi connectivity index (χ1) is 7.42. The van der Waals surface area contributed by atoms with E-state index in [1.807, 2.05) is 0 Å². The van der Waals surface area contributed by atoms with E-state index in [1.165, 1.54) is 19.1 Å². The standard InChI is InChI=1S/C10H13NO4S.Na/c1-8(7-10(12)13)11-16(14,15)9-5-3-2-4-6-9;/h2-6,8,11H,7H2,1H3,(H,12,13);/q;+1/p-1. The molecule has 0 aromatic heterocycles. The number of rotatable bonds is 5. The van der Waals surface area contributed by atoms with Crippen molar-refractivity contribution in [1.82, 2.24) is 4.72 Å². The van der Waals surface area contributed by atoms with Crippen molar-refractivity contribution in [2.75, 3.05) is 0 Å². The van der Waals surface area contributed by atoms with Gasteiger partial charge in [0.25, 0.3) is 0 Å². The van der Waals surface area contributed by atoms with Gasteiger partial charge in [-0.2, -0.15) is 0 Å². The summed E-state index contributed by atoms with van der Waals surface area (Å²) in [7, 11) is -3.65. The third kappa shape index (κ3) is 5.65. The Bertz CT molecular complexity index is 460. The van der Waals surface area contributed by atoms with E-state index in [2.05, 4.69) is 4.72 Å². The zero-order valence-electron chi connectivity index (χ0n) is 9.71. The van der Waals surface area contributed by atoms with Crippen molar-refractivity contribution >= 4 is 16.0 Å². The molecule has 0 saturated carbocycles. The van der Waals surface area contributed by atoms with Gasteiger partial charge < -0.3 is 9.90 Å². The number of carbonyl (C=O) groups is 1. The van der Waals surface area contributed by atoms with Gasteiger partial charge in [-0.1, -0.05) is 18.2 Å². The van der Waals surface area contributed by atoms with Gasteiger partial charge in [-0.25, -0.2) is 13.1 Å². The molecule has 0 bridgehead atoms. The molecule has 88 valence electrons. The van der Waals surface area contributed by atoms with Gasteiger partial charge in [-0.3, -0.25) is 0 Å². The van der Waals surface area contributed by atoms with E-state index in [1.54, 1.807) is 18.2 Å². The van der Waals surface area contributed by atoms with Crippen molar-refractivity contribution < 1.29 is 47.9 Å². The van der Waals surface area contributed by atoms with Crippen LogP contribution < -0.4 is 39.4 Å². The van der Waals surface area contributed by atoms with Gasteiger partial charge in [-0.15, -0.1) is 0 Å². The SMILES string of the molecule is CC(CC(=O)[O-])NS(=O)(=O)c1ccccc1.[Na+]. The number of nitrogens with one attached hydrogen (secondary N) is 1. The number of sulfonamides is 1. The summed E-state index contributed by atoms with van der Waals surface area (Å²) in [4.78, 5) is 10.4. The Kier molecular flexibility index (Phi) is 6.96. The molecule has 7 heteroatoms. The molecular formula is C10H12NNaO4S. The van der Waals surface area contributed by atoms with Crippen LogP contribution in [0.4, 0.5) is 0 Å². The number of carboxylic acid groups (broad SMARTS) is 1. The zero-order valence-corrected chi connectivity index (χ0v) is 12.5. The first-order valence-corrected chi connectivity index (χ1v) is 6.17. The minimum absolute atomic E-state index is 0. The zero-order chi connectivity index (χ0) is 12.2. The van der Waals surface area contributed by atoms with Crippen LogP contribution >= 0.6 is 0 Å². The summed E-state index contributed by atoms with van der Waals surface area (Å²) in [6.07, 6.45) is -0.355. The van der Waals surface area contributed by atoms with E-state index in [-0.39, 0.29) is 40.9 Å². The average Bonchev–Trinajstić information content (AvgIpc) is 2.16. The van der Waals surface area contributed by atoms with Gasteiger partial charge in [0.1, 0.15) is 0 Å². The minimum atomic E-state index is -3.65. The molecule has 17 heavy (non-hydrogen) atoms. The average molecular weight is 265 g/mol. The summed E-state index contributed by atoms with van der Waals surface area (Å²) >= 11 is 0. The maximum Gasteiger partial charge on any atom is 1.00 e. The molecular weight excluding hydrogens is 253 g/mol. The number of hydrogen-bond donors (Lipinski definition) is 1. The molecule has 0 amide bonds. The fourth-order valence-electron chi connectivity index (χ4n) is 1.22. The number of carbonyl (C=O) groups excluding carboxylic acids is 1. The van der Waals surface area contributed by atoms with Crippen LogP contribution in [0.15, 0.2) is 35.2 Å². The van der Waals surface area contributed by atoms with E-state index in [0.717, 1.165) is 0 Å². The number of hydrogen-bond acceptors (Lipinski definition) is 4. The topological polar surface area (TPSA) is 86.3 Å². The molecule has 0 spiro atoms. The predicted octanol–water partition coefficient (Wildman–Crippen LogP) is -3.50. The molecule has 0 aliphatic rings. The molecule has 1 atom stereocenters. The molecule has 0 radical (unpaired) electrons.